The maximum Gasteiger partial charge on any atom is 1.00 e. The first-order valence-electron chi connectivity index (χ1n) is 2.72. The molecule has 2 radical (unpaired) electrons. The van der Waals surface area contributed by atoms with Gasteiger partial charge in [0.2, 0.25) is 0 Å². The molecule has 0 spiro atoms. The molecule has 0 aromatic heterocycles. The number of hydrogen-bond donors (Lipinski definition) is 0. The van der Waals surface area contributed by atoms with Crippen molar-refractivity contribution >= 4 is 81.7 Å². The predicted molar refractivity (Wildman–Crippen MR) is 48.8 cm³/mol. The van der Waals surface area contributed by atoms with Gasteiger partial charge in [-0.2, -0.15) is 4.90 Å². The van der Waals surface area contributed by atoms with Gasteiger partial charge in [0.15, 0.2) is 0 Å². The molecule has 0 unspecified atom stereocenters. The molecule has 74 valence electrons. The van der Waals surface area contributed by atoms with Crippen molar-refractivity contribution in [3.8, 4) is 0 Å². The fraction of sp³-hybridized carbons (Fsp3) is 0. The van der Waals surface area contributed by atoms with Gasteiger partial charge in [-0.25, -0.2) is 0 Å². The second-order valence-corrected chi connectivity index (χ2v) is 3.09. The minimum atomic E-state index is 0. The standard InChI is InChI=1S/C6H6NO2S2.Ac.Au.2K/c7-4-1-5(10)3-6(2-4)11-9-8;;;;/h1-3,7-8,10H;;;;/q-1;;+1;;+1/p-2. The van der Waals surface area contributed by atoms with Crippen molar-refractivity contribution in [3.05, 3.63) is 23.9 Å². The van der Waals surface area contributed by atoms with Gasteiger partial charge in [-0.05, 0) is 0 Å². The number of nitrogens with one attached hydrogen (secondary N) is 1. The van der Waals surface area contributed by atoms with Crippen LogP contribution in [0.2, 0.25) is 0 Å². The van der Waals surface area contributed by atoms with Gasteiger partial charge in [-0.1, -0.05) is 18.2 Å². The minimum Gasteiger partial charge on any atom is -0.780 e. The molecule has 1 aromatic carbocycles. The van der Waals surface area contributed by atoms with E-state index in [4.69, 9.17) is 18.4 Å². The molecule has 0 saturated carbocycles. The Morgan fingerprint density at radius 2 is 1.87 bits per heavy atom. The SMILES string of the molecule is [Ac].[Au+].[K+].[K].[NH-]c1cc([S-])cc(SO[O-])c1. The maximum atomic E-state index is 9.69. The zero-order valence-electron chi connectivity index (χ0n) is 8.24. The summed E-state index contributed by atoms with van der Waals surface area (Å²) < 4.78 is 3.57. The summed E-state index contributed by atoms with van der Waals surface area (Å²) in [5.74, 6) is 0. The van der Waals surface area contributed by atoms with Gasteiger partial charge in [0.05, 0.1) is 0 Å². The summed E-state index contributed by atoms with van der Waals surface area (Å²) in [5.41, 5.74) is 7.51. The molecule has 0 fully saturated rings. The van der Waals surface area contributed by atoms with E-state index in [0.29, 0.717) is 21.8 Å². The van der Waals surface area contributed by atoms with E-state index >= 15 is 0 Å². The summed E-state index contributed by atoms with van der Waals surface area (Å²) in [6.45, 7) is 0. The van der Waals surface area contributed by atoms with Gasteiger partial charge in [-0.15, -0.1) is 5.69 Å². The number of benzene rings is 1. The smallest absolute Gasteiger partial charge is 0.780 e. The Morgan fingerprint density at radius 1 is 1.33 bits per heavy atom. The predicted octanol–water partition coefficient (Wildman–Crippen LogP) is -1.80. The molecule has 3 nitrogen and oxygen atoms in total. The van der Waals surface area contributed by atoms with E-state index in [1.807, 2.05) is 0 Å². The van der Waals surface area contributed by atoms with Crippen molar-refractivity contribution in [1.82, 2.24) is 0 Å². The molecular weight excluding hydrogens is 684 g/mol. The summed E-state index contributed by atoms with van der Waals surface area (Å²) >= 11 is 5.47. The largest absolute Gasteiger partial charge is 1.00 e. The third kappa shape index (κ3) is 13.7. The van der Waals surface area contributed by atoms with E-state index in [1.54, 1.807) is 6.07 Å². The molecule has 0 bridgehead atoms. The van der Waals surface area contributed by atoms with E-state index in [2.05, 4.69) is 4.33 Å². The molecule has 0 aliphatic carbocycles. The molecule has 1 aromatic rings. The van der Waals surface area contributed by atoms with Crippen LogP contribution in [-0.4, -0.2) is 51.4 Å². The summed E-state index contributed by atoms with van der Waals surface area (Å²) in [5, 5.41) is 9.69. The summed E-state index contributed by atoms with van der Waals surface area (Å²) in [6.07, 6.45) is 0. The van der Waals surface area contributed by atoms with E-state index in [1.165, 1.54) is 12.1 Å². The molecule has 0 amide bonds. The van der Waals surface area contributed by atoms with Crippen LogP contribution in [0, 0.1) is 44.1 Å². The van der Waals surface area contributed by atoms with Gasteiger partial charge < -0.3 is 28.0 Å². The van der Waals surface area contributed by atoms with Gasteiger partial charge in [0.1, 0.15) is 0 Å². The van der Waals surface area contributed by atoms with E-state index in [0.717, 1.165) is 0 Å². The Labute approximate surface area is 236 Å². The zero-order valence-corrected chi connectivity index (χ0v) is 23.0. The molecule has 0 heterocycles. The molecule has 0 atom stereocenters. The van der Waals surface area contributed by atoms with Crippen LogP contribution in [0.4, 0.5) is 5.69 Å². The molecule has 0 aliphatic rings. The molecule has 9 heteroatoms. The van der Waals surface area contributed by atoms with Gasteiger partial charge >= 0.3 is 73.8 Å². The fourth-order valence-corrected chi connectivity index (χ4v) is 1.42. The number of hydrogen-bond acceptors (Lipinski definition) is 4. The van der Waals surface area contributed by atoms with Crippen LogP contribution < -0.4 is 56.6 Å². The van der Waals surface area contributed by atoms with Crippen LogP contribution in [0.1, 0.15) is 0 Å². The zero-order chi connectivity index (χ0) is 8.27. The van der Waals surface area contributed by atoms with Gasteiger partial charge in [0, 0.05) is 112 Å². The molecule has 15 heavy (non-hydrogen) atoms. The Kier molecular flexibility index (Phi) is 32.0. The summed E-state index contributed by atoms with van der Waals surface area (Å²) in [4.78, 5) is 1.11. The first kappa shape index (κ1) is 28.2. The molecule has 1 rings (SSSR count). The molecule has 1 N–H and O–H groups in total. The van der Waals surface area contributed by atoms with Gasteiger partial charge in [0.25, 0.3) is 0 Å². The van der Waals surface area contributed by atoms with E-state index < -0.39 is 0 Å². The van der Waals surface area contributed by atoms with Crippen molar-refractivity contribution in [3.63, 3.8) is 0 Å². The fourth-order valence-electron chi connectivity index (χ4n) is 0.659. The Bertz CT molecular complexity index is 253. The number of rotatable bonds is 2. The van der Waals surface area contributed by atoms with Crippen molar-refractivity contribution in [1.29, 1.82) is 0 Å². The third-order valence-electron chi connectivity index (χ3n) is 1.01. The Morgan fingerprint density at radius 3 is 2.27 bits per heavy atom. The second-order valence-electron chi connectivity index (χ2n) is 1.84. The molecule has 0 saturated heterocycles. The summed E-state index contributed by atoms with van der Waals surface area (Å²) in [6, 6.07) is 4.65. The second kappa shape index (κ2) is 17.0. The van der Waals surface area contributed by atoms with Crippen LogP contribution >= 0.6 is 12.0 Å². The normalized spacial score (nSPS) is 7.27. The first-order chi connectivity index (χ1) is 5.22. The van der Waals surface area contributed by atoms with Crippen LogP contribution in [0.25, 0.3) is 5.73 Å². The van der Waals surface area contributed by atoms with Crippen molar-refractivity contribution < 1.29 is 127 Å². The maximum absolute atomic E-state index is 9.69. The third-order valence-corrected chi connectivity index (χ3v) is 1.74. The minimum absolute atomic E-state index is 0. The van der Waals surface area contributed by atoms with Crippen LogP contribution in [0.15, 0.2) is 28.0 Å². The van der Waals surface area contributed by atoms with Gasteiger partial charge in [-0.3, -0.25) is 0 Å². The quantitative estimate of drug-likeness (QED) is 0.121. The van der Waals surface area contributed by atoms with Crippen LogP contribution in [-0.2, 0) is 39.3 Å². The molecule has 0 aliphatic heterocycles. The molecular formula is C6H4AcAuK2NO2S2-. The Balaban J connectivity index is -0.000000151. The Hall–Kier alpha value is 4.96. The first-order valence-corrected chi connectivity index (χ1v) is 3.87. The average molecular weight is 688 g/mol. The van der Waals surface area contributed by atoms with Crippen molar-refractivity contribution in [2.75, 3.05) is 0 Å². The van der Waals surface area contributed by atoms with Crippen LogP contribution in [0.3, 0.4) is 0 Å². The van der Waals surface area contributed by atoms with Crippen LogP contribution in [0.5, 0.6) is 0 Å². The topological polar surface area (TPSA) is 56.1 Å². The monoisotopic (exact) mass is 688 g/mol. The van der Waals surface area contributed by atoms with E-state index in [9.17, 15) is 5.26 Å². The van der Waals surface area contributed by atoms with Crippen molar-refractivity contribution in [2.24, 2.45) is 0 Å². The van der Waals surface area contributed by atoms with E-state index in [-0.39, 0.29) is 175 Å². The average Bonchev–Trinajstić information content (AvgIpc) is 1.85. The van der Waals surface area contributed by atoms with Crippen molar-refractivity contribution in [2.45, 2.75) is 9.79 Å². The summed E-state index contributed by atoms with van der Waals surface area (Å²) in [7, 11) is 0.